The van der Waals surface area contributed by atoms with Gasteiger partial charge in [-0.25, -0.2) is 9.37 Å². The number of nitrogens with one attached hydrogen (secondary N) is 1. The largest absolute Gasteiger partial charge is 0.480 e. The van der Waals surface area contributed by atoms with Crippen molar-refractivity contribution in [1.29, 1.82) is 0 Å². The van der Waals surface area contributed by atoms with Gasteiger partial charge < -0.3 is 15.2 Å². The Morgan fingerprint density at radius 1 is 1.19 bits per heavy atom. The average molecular weight is 511 g/mol. The van der Waals surface area contributed by atoms with E-state index in [9.17, 15) is 9.90 Å². The molecule has 2 aromatic rings. The normalized spacial score (nSPS) is 22.2. The number of aliphatic carboxylic acids is 1. The third-order valence-electron chi connectivity index (χ3n) is 8.23. The van der Waals surface area contributed by atoms with Crippen molar-refractivity contribution < 1.29 is 19.0 Å². The molecule has 1 unspecified atom stereocenters. The van der Waals surface area contributed by atoms with Crippen molar-refractivity contribution in [3.63, 3.8) is 0 Å². The van der Waals surface area contributed by atoms with E-state index in [-0.39, 0.29) is 5.92 Å². The van der Waals surface area contributed by atoms with Crippen LogP contribution in [0.25, 0.3) is 0 Å². The zero-order chi connectivity index (χ0) is 25.6. The Bertz CT molecular complexity index is 1060. The third kappa shape index (κ3) is 6.12. The number of alkyl halides is 1. The van der Waals surface area contributed by atoms with E-state index in [1.807, 2.05) is 17.0 Å². The molecule has 3 atom stereocenters. The number of aryl methyl sites for hydroxylation is 2. The summed E-state index contributed by atoms with van der Waals surface area (Å²) < 4.78 is 21.1. The standard InChI is InChI=1S/C29H39FN4O3/c30-24(9-2-1-7-22-12-11-21-6-3-16-32-28(21)33-22)25-10-5-17-34(25)27(29(35)36)26-23(8-4-15-31-26)20-13-18-37-19-14-20/h4,8,11-12,15,20,24-25,27H,1-3,5-7,9-10,13-14,16-19H2,(H,32,33)(H,35,36)/t24-,25-,27?/m1/s1. The number of nitrogens with zero attached hydrogens (tertiary/aromatic N) is 3. The van der Waals surface area contributed by atoms with Crippen LogP contribution in [0.15, 0.2) is 30.5 Å². The van der Waals surface area contributed by atoms with Crippen molar-refractivity contribution >= 4 is 11.8 Å². The van der Waals surface area contributed by atoms with Crippen molar-refractivity contribution in [3.05, 3.63) is 53.0 Å². The first-order valence-corrected chi connectivity index (χ1v) is 14.0. The lowest BCUT2D eigenvalue weighted by atomic mass is 9.88. The predicted molar refractivity (Wildman–Crippen MR) is 141 cm³/mol. The highest BCUT2D eigenvalue weighted by Gasteiger charge is 2.41. The molecule has 0 aliphatic carbocycles. The van der Waals surface area contributed by atoms with Gasteiger partial charge in [-0.2, -0.15) is 0 Å². The van der Waals surface area contributed by atoms with Crippen molar-refractivity contribution in [2.45, 2.75) is 88.4 Å². The van der Waals surface area contributed by atoms with E-state index in [2.05, 4.69) is 22.4 Å². The molecule has 2 saturated heterocycles. The first-order valence-electron chi connectivity index (χ1n) is 14.0. The maximum atomic E-state index is 15.6. The molecule has 0 amide bonds. The molecule has 0 radical (unpaired) electrons. The van der Waals surface area contributed by atoms with Gasteiger partial charge in [0.1, 0.15) is 12.0 Å². The molecule has 2 N–H and O–H groups in total. The lowest BCUT2D eigenvalue weighted by molar-refractivity contribution is -0.144. The van der Waals surface area contributed by atoms with Crippen LogP contribution < -0.4 is 5.32 Å². The molecular weight excluding hydrogens is 471 g/mol. The fraction of sp³-hybridized carbons (Fsp3) is 0.621. The molecule has 0 spiro atoms. The molecule has 3 aliphatic heterocycles. The predicted octanol–water partition coefficient (Wildman–Crippen LogP) is 5.07. The number of likely N-dealkylation sites (tertiary alicyclic amines) is 1. The Balaban J connectivity index is 1.21. The molecule has 3 aliphatic rings. The number of hydrogen-bond acceptors (Lipinski definition) is 6. The minimum Gasteiger partial charge on any atom is -0.480 e. The van der Waals surface area contributed by atoms with Crippen LogP contribution >= 0.6 is 0 Å². The second kappa shape index (κ2) is 12.3. The minimum absolute atomic E-state index is 0.230. The SMILES string of the molecule is O=C(O)C(c1ncccc1C1CCOCC1)N1CCC[C@@H]1[C@H](F)CCCCc1ccc2c(n1)NCCC2. The number of unbranched alkanes of at least 4 members (excludes halogenated alkanes) is 1. The zero-order valence-corrected chi connectivity index (χ0v) is 21.6. The van der Waals surface area contributed by atoms with Crippen LogP contribution in [0.1, 0.15) is 85.8 Å². The molecule has 37 heavy (non-hydrogen) atoms. The summed E-state index contributed by atoms with van der Waals surface area (Å²) in [5.74, 6) is 0.287. The van der Waals surface area contributed by atoms with Crippen molar-refractivity contribution in [3.8, 4) is 0 Å². The molecule has 2 aromatic heterocycles. The van der Waals surface area contributed by atoms with Crippen molar-refractivity contribution in [1.82, 2.24) is 14.9 Å². The number of carboxylic acid groups (broad SMARTS) is 1. The summed E-state index contributed by atoms with van der Waals surface area (Å²) in [6, 6.07) is 6.82. The number of aromatic nitrogens is 2. The smallest absolute Gasteiger partial charge is 0.327 e. The second-order valence-corrected chi connectivity index (χ2v) is 10.7. The molecule has 5 rings (SSSR count). The maximum Gasteiger partial charge on any atom is 0.327 e. The summed E-state index contributed by atoms with van der Waals surface area (Å²) in [5.41, 5.74) is 3.88. The van der Waals surface area contributed by atoms with Gasteiger partial charge in [0.05, 0.1) is 5.69 Å². The lowest BCUT2D eigenvalue weighted by Gasteiger charge is -2.34. The Morgan fingerprint density at radius 2 is 2.05 bits per heavy atom. The van der Waals surface area contributed by atoms with E-state index in [4.69, 9.17) is 9.72 Å². The summed E-state index contributed by atoms with van der Waals surface area (Å²) in [6.07, 6.45) is 8.92. The molecule has 0 saturated carbocycles. The van der Waals surface area contributed by atoms with Crippen LogP contribution in [0.3, 0.4) is 0 Å². The first-order chi connectivity index (χ1) is 18.1. The van der Waals surface area contributed by atoms with Crippen molar-refractivity contribution in [2.75, 3.05) is 31.6 Å². The summed E-state index contributed by atoms with van der Waals surface area (Å²) >= 11 is 0. The Morgan fingerprint density at radius 3 is 2.89 bits per heavy atom. The van der Waals surface area contributed by atoms with Gasteiger partial charge >= 0.3 is 5.97 Å². The third-order valence-corrected chi connectivity index (χ3v) is 8.23. The van der Waals surface area contributed by atoms with Crippen LogP contribution in [0.2, 0.25) is 0 Å². The number of carboxylic acids is 1. The van der Waals surface area contributed by atoms with Crippen LogP contribution in [-0.2, 0) is 22.4 Å². The quantitative estimate of drug-likeness (QED) is 0.432. The number of halogens is 1. The monoisotopic (exact) mass is 510 g/mol. The second-order valence-electron chi connectivity index (χ2n) is 10.7. The summed E-state index contributed by atoms with van der Waals surface area (Å²) in [6.45, 7) is 2.90. The number of hydrogen-bond donors (Lipinski definition) is 2. The lowest BCUT2D eigenvalue weighted by Crippen LogP contribution is -2.43. The van der Waals surface area contributed by atoms with Gasteiger partial charge in [-0.15, -0.1) is 0 Å². The highest BCUT2D eigenvalue weighted by atomic mass is 19.1. The van der Waals surface area contributed by atoms with Gasteiger partial charge in [0.25, 0.3) is 0 Å². The Labute approximate surface area is 218 Å². The van der Waals surface area contributed by atoms with Gasteiger partial charge in [0.2, 0.25) is 0 Å². The summed E-state index contributed by atoms with van der Waals surface area (Å²) in [5, 5.41) is 13.7. The molecule has 7 nitrogen and oxygen atoms in total. The average Bonchev–Trinajstić information content (AvgIpc) is 3.41. The molecular formula is C29H39FN4O3. The number of ether oxygens (including phenoxy) is 1. The maximum absolute atomic E-state index is 15.6. The molecule has 5 heterocycles. The molecule has 8 heteroatoms. The van der Waals surface area contributed by atoms with E-state index < -0.39 is 24.2 Å². The first kappa shape index (κ1) is 26.0. The fourth-order valence-electron chi connectivity index (χ4n) is 6.30. The van der Waals surface area contributed by atoms with E-state index in [0.29, 0.717) is 38.3 Å². The van der Waals surface area contributed by atoms with E-state index in [1.54, 1.807) is 6.20 Å². The molecule has 2 fully saturated rings. The molecule has 200 valence electrons. The zero-order valence-electron chi connectivity index (χ0n) is 21.6. The Kier molecular flexibility index (Phi) is 8.66. The summed E-state index contributed by atoms with van der Waals surface area (Å²) in [7, 11) is 0. The van der Waals surface area contributed by atoms with Gasteiger partial charge in [0.15, 0.2) is 6.04 Å². The highest BCUT2D eigenvalue weighted by molar-refractivity contribution is 5.75. The van der Waals surface area contributed by atoms with Crippen LogP contribution in [0.5, 0.6) is 0 Å². The van der Waals surface area contributed by atoms with E-state index >= 15 is 4.39 Å². The highest BCUT2D eigenvalue weighted by Crippen LogP contribution is 2.38. The van der Waals surface area contributed by atoms with Crippen LogP contribution in [-0.4, -0.2) is 64.5 Å². The molecule has 0 aromatic carbocycles. The van der Waals surface area contributed by atoms with E-state index in [1.165, 1.54) is 5.56 Å². The minimum atomic E-state index is -1.06. The molecule has 0 bridgehead atoms. The van der Waals surface area contributed by atoms with Crippen LogP contribution in [0.4, 0.5) is 10.2 Å². The number of fused-ring (bicyclic) bond motifs is 1. The number of pyridine rings is 2. The number of carbonyl (C=O) groups is 1. The fourth-order valence-corrected chi connectivity index (χ4v) is 6.30. The van der Waals surface area contributed by atoms with E-state index in [0.717, 1.165) is 75.0 Å². The van der Waals surface area contributed by atoms with Gasteiger partial charge in [-0.1, -0.05) is 18.6 Å². The number of anilines is 1. The van der Waals surface area contributed by atoms with Crippen molar-refractivity contribution in [2.24, 2.45) is 0 Å². The Hall–Kier alpha value is -2.58. The summed E-state index contributed by atoms with van der Waals surface area (Å²) in [4.78, 5) is 23.7. The van der Waals surface area contributed by atoms with Crippen LogP contribution in [0, 0.1) is 0 Å². The number of rotatable bonds is 10. The topological polar surface area (TPSA) is 87.6 Å². The van der Waals surface area contributed by atoms with Gasteiger partial charge in [0, 0.05) is 37.7 Å². The van der Waals surface area contributed by atoms with Gasteiger partial charge in [-0.3, -0.25) is 14.7 Å². The van der Waals surface area contributed by atoms with Gasteiger partial charge in [-0.05, 0) is 93.5 Å².